The quantitative estimate of drug-likeness (QED) is 0.309. The number of methoxy groups -OCH3 is 1. The Labute approximate surface area is 154 Å². The lowest BCUT2D eigenvalue weighted by molar-refractivity contribution is -0.117. The molecule has 0 saturated heterocycles. The van der Waals surface area contributed by atoms with Gasteiger partial charge in [0, 0.05) is 39.5 Å². The van der Waals surface area contributed by atoms with Crippen LogP contribution in [0.25, 0.3) is 0 Å². The second kappa shape index (κ2) is 10.4. The van der Waals surface area contributed by atoms with Gasteiger partial charge in [0.15, 0.2) is 5.96 Å². The molecule has 0 spiro atoms. The molecule has 0 aliphatic carbocycles. The van der Waals surface area contributed by atoms with E-state index in [9.17, 15) is 4.79 Å². The van der Waals surface area contributed by atoms with Crippen LogP contribution in [0.4, 0.5) is 5.69 Å². The van der Waals surface area contributed by atoms with E-state index in [-0.39, 0.29) is 36.4 Å². The minimum atomic E-state index is 0. The van der Waals surface area contributed by atoms with Crippen molar-refractivity contribution in [1.82, 2.24) is 10.6 Å². The van der Waals surface area contributed by atoms with Crippen LogP contribution in [0, 0.1) is 0 Å². The van der Waals surface area contributed by atoms with Crippen LogP contribution in [0.2, 0.25) is 0 Å². The number of halogens is 1. The average Bonchev–Trinajstić information content (AvgIpc) is 2.98. The number of para-hydroxylation sites is 1. The SMILES string of the molecule is CN=C(NCCCOC)NCC(=O)N1CCc2ccccc21.I. The van der Waals surface area contributed by atoms with Crippen molar-refractivity contribution in [3.8, 4) is 0 Å². The summed E-state index contributed by atoms with van der Waals surface area (Å²) < 4.78 is 5.00. The van der Waals surface area contributed by atoms with Gasteiger partial charge in [-0.05, 0) is 24.5 Å². The number of benzene rings is 1. The maximum atomic E-state index is 12.4. The van der Waals surface area contributed by atoms with Gasteiger partial charge in [0.2, 0.25) is 5.91 Å². The number of nitrogens with one attached hydrogen (secondary N) is 2. The number of aliphatic imine (C=N–C) groups is 1. The van der Waals surface area contributed by atoms with Crippen molar-refractivity contribution in [1.29, 1.82) is 0 Å². The summed E-state index contributed by atoms with van der Waals surface area (Å²) in [6, 6.07) is 8.05. The van der Waals surface area contributed by atoms with Crippen LogP contribution in [-0.4, -0.2) is 52.3 Å². The highest BCUT2D eigenvalue weighted by Crippen LogP contribution is 2.27. The van der Waals surface area contributed by atoms with Crippen molar-refractivity contribution in [3.63, 3.8) is 0 Å². The van der Waals surface area contributed by atoms with Crippen LogP contribution >= 0.6 is 24.0 Å². The second-order valence-electron chi connectivity index (χ2n) is 5.12. The van der Waals surface area contributed by atoms with Crippen molar-refractivity contribution < 1.29 is 9.53 Å². The minimum absolute atomic E-state index is 0. The van der Waals surface area contributed by atoms with E-state index in [2.05, 4.69) is 21.7 Å². The first-order chi connectivity index (χ1) is 10.8. The molecule has 0 saturated carbocycles. The monoisotopic (exact) mass is 432 g/mol. The van der Waals surface area contributed by atoms with Crippen molar-refractivity contribution in [2.24, 2.45) is 4.99 Å². The number of carbonyl (C=O) groups excluding carboxylic acids is 1. The molecule has 0 aromatic heterocycles. The highest BCUT2D eigenvalue weighted by atomic mass is 127. The van der Waals surface area contributed by atoms with E-state index in [0.29, 0.717) is 12.6 Å². The molecule has 0 fully saturated rings. The fourth-order valence-electron chi connectivity index (χ4n) is 2.50. The molecule has 7 heteroatoms. The van der Waals surface area contributed by atoms with Crippen molar-refractivity contribution in [2.75, 3.05) is 45.3 Å². The molecule has 1 aliphatic heterocycles. The van der Waals surface area contributed by atoms with Crippen LogP contribution < -0.4 is 15.5 Å². The minimum Gasteiger partial charge on any atom is -0.385 e. The molecule has 1 aromatic rings. The molecule has 0 unspecified atom stereocenters. The first kappa shape index (κ1) is 19.7. The van der Waals surface area contributed by atoms with Crippen LogP contribution in [0.15, 0.2) is 29.3 Å². The van der Waals surface area contributed by atoms with Gasteiger partial charge in [-0.1, -0.05) is 18.2 Å². The van der Waals surface area contributed by atoms with E-state index < -0.39 is 0 Å². The Morgan fingerprint density at radius 2 is 2.13 bits per heavy atom. The van der Waals surface area contributed by atoms with E-state index >= 15 is 0 Å². The summed E-state index contributed by atoms with van der Waals surface area (Å²) in [5, 5.41) is 6.22. The van der Waals surface area contributed by atoms with Crippen molar-refractivity contribution in [2.45, 2.75) is 12.8 Å². The molecule has 1 amide bonds. The molecule has 23 heavy (non-hydrogen) atoms. The number of nitrogens with zero attached hydrogens (tertiary/aromatic N) is 2. The summed E-state index contributed by atoms with van der Waals surface area (Å²) >= 11 is 0. The van der Waals surface area contributed by atoms with Gasteiger partial charge in [-0.25, -0.2) is 0 Å². The van der Waals surface area contributed by atoms with Gasteiger partial charge in [-0.2, -0.15) is 0 Å². The van der Waals surface area contributed by atoms with Crippen LogP contribution in [0.3, 0.4) is 0 Å². The molecule has 1 aromatic carbocycles. The molecular weight excluding hydrogens is 407 g/mol. The first-order valence-corrected chi connectivity index (χ1v) is 7.58. The van der Waals surface area contributed by atoms with E-state index in [1.165, 1.54) is 5.56 Å². The van der Waals surface area contributed by atoms with Crippen molar-refractivity contribution >= 4 is 41.5 Å². The molecule has 1 aliphatic rings. The van der Waals surface area contributed by atoms with Gasteiger partial charge in [-0.15, -0.1) is 24.0 Å². The summed E-state index contributed by atoms with van der Waals surface area (Å²) in [6.45, 7) is 2.44. The lowest BCUT2D eigenvalue weighted by Gasteiger charge is -2.18. The Morgan fingerprint density at radius 1 is 1.35 bits per heavy atom. The number of hydrogen-bond donors (Lipinski definition) is 2. The van der Waals surface area contributed by atoms with E-state index in [0.717, 1.165) is 31.6 Å². The molecule has 1 heterocycles. The number of carbonyl (C=O) groups is 1. The summed E-state index contributed by atoms with van der Waals surface area (Å²) in [7, 11) is 3.38. The first-order valence-electron chi connectivity index (χ1n) is 7.58. The van der Waals surface area contributed by atoms with Gasteiger partial charge in [-0.3, -0.25) is 9.79 Å². The smallest absolute Gasteiger partial charge is 0.246 e. The standard InChI is InChI=1S/C16H24N4O2.HI/c1-17-16(18-9-5-11-22-2)19-12-15(21)20-10-8-13-6-3-4-7-14(13)20;/h3-4,6-7H,5,8-12H2,1-2H3,(H2,17,18,19);1H. The maximum absolute atomic E-state index is 12.4. The zero-order valence-electron chi connectivity index (χ0n) is 13.7. The largest absolute Gasteiger partial charge is 0.385 e. The number of rotatable bonds is 6. The van der Waals surface area contributed by atoms with Crippen molar-refractivity contribution in [3.05, 3.63) is 29.8 Å². The number of amides is 1. The summed E-state index contributed by atoms with van der Waals surface area (Å²) in [4.78, 5) is 18.3. The van der Waals surface area contributed by atoms with Gasteiger partial charge >= 0.3 is 0 Å². The highest BCUT2D eigenvalue weighted by Gasteiger charge is 2.23. The van der Waals surface area contributed by atoms with Gasteiger partial charge in [0.05, 0.1) is 6.54 Å². The van der Waals surface area contributed by atoms with Gasteiger partial charge in [0.1, 0.15) is 0 Å². The Hall–Kier alpha value is -1.35. The fourth-order valence-corrected chi connectivity index (χ4v) is 2.50. The van der Waals surface area contributed by atoms with Gasteiger partial charge < -0.3 is 20.3 Å². The summed E-state index contributed by atoms with van der Waals surface area (Å²) in [5.41, 5.74) is 2.26. The molecule has 6 nitrogen and oxygen atoms in total. The Balaban J connectivity index is 0.00000264. The van der Waals surface area contributed by atoms with Crippen LogP contribution in [0.1, 0.15) is 12.0 Å². The topological polar surface area (TPSA) is 66.0 Å². The lowest BCUT2D eigenvalue weighted by Crippen LogP contribution is -2.44. The average molecular weight is 432 g/mol. The summed E-state index contributed by atoms with van der Waals surface area (Å²) in [5.74, 6) is 0.696. The normalized spacial score (nSPS) is 13.3. The second-order valence-corrected chi connectivity index (χ2v) is 5.12. The Morgan fingerprint density at radius 3 is 2.87 bits per heavy atom. The Bertz CT molecular complexity index is 537. The number of ether oxygens (including phenoxy) is 1. The molecule has 0 bridgehead atoms. The van der Waals surface area contributed by atoms with Gasteiger partial charge in [0.25, 0.3) is 0 Å². The lowest BCUT2D eigenvalue weighted by atomic mass is 10.2. The van der Waals surface area contributed by atoms with E-state index in [1.54, 1.807) is 14.2 Å². The summed E-state index contributed by atoms with van der Waals surface area (Å²) in [6.07, 6.45) is 1.82. The molecule has 2 rings (SSSR count). The maximum Gasteiger partial charge on any atom is 0.246 e. The third kappa shape index (κ3) is 5.65. The zero-order valence-corrected chi connectivity index (χ0v) is 16.0. The van der Waals surface area contributed by atoms with Crippen LogP contribution in [0.5, 0.6) is 0 Å². The highest BCUT2D eigenvalue weighted by molar-refractivity contribution is 14.0. The third-order valence-corrected chi connectivity index (χ3v) is 3.64. The predicted molar refractivity (Wildman–Crippen MR) is 104 cm³/mol. The number of anilines is 1. The van der Waals surface area contributed by atoms with E-state index in [4.69, 9.17) is 4.74 Å². The zero-order chi connectivity index (χ0) is 15.8. The molecule has 0 radical (unpaired) electrons. The molecule has 0 atom stereocenters. The number of hydrogen-bond acceptors (Lipinski definition) is 3. The Kier molecular flexibility index (Phi) is 8.93. The third-order valence-electron chi connectivity index (χ3n) is 3.64. The number of fused-ring (bicyclic) bond motifs is 1. The molecule has 2 N–H and O–H groups in total. The van der Waals surface area contributed by atoms with E-state index in [1.807, 2.05) is 23.1 Å². The fraction of sp³-hybridized carbons (Fsp3) is 0.500. The molecule has 128 valence electrons. The van der Waals surface area contributed by atoms with Crippen LogP contribution in [-0.2, 0) is 16.0 Å². The predicted octanol–water partition coefficient (Wildman–Crippen LogP) is 1.40. The molecular formula is C16H25IN4O2. The number of guanidine groups is 1.